The van der Waals surface area contributed by atoms with Gasteiger partial charge in [0.25, 0.3) is 0 Å². The Morgan fingerprint density at radius 3 is 2.29 bits per heavy atom. The second-order valence-electron chi connectivity index (χ2n) is 4.63. The molecule has 0 aromatic rings. The number of carbonyl (C=O) groups excluding carboxylic acids is 1. The van der Waals surface area contributed by atoms with Crippen LogP contribution >= 0.6 is 0 Å². The van der Waals surface area contributed by atoms with Crippen molar-refractivity contribution in [3.63, 3.8) is 0 Å². The van der Waals surface area contributed by atoms with Gasteiger partial charge in [-0.1, -0.05) is 58.4 Å². The van der Waals surface area contributed by atoms with Crippen molar-refractivity contribution in [2.75, 3.05) is 7.11 Å². The third-order valence-electron chi connectivity index (χ3n) is 3.06. The maximum absolute atomic E-state index is 11.1. The summed E-state index contributed by atoms with van der Waals surface area (Å²) in [6, 6.07) is 0. The van der Waals surface area contributed by atoms with Gasteiger partial charge in [0, 0.05) is 6.08 Å². The minimum Gasteiger partial charge on any atom is -0.466 e. The summed E-state index contributed by atoms with van der Waals surface area (Å²) in [5, 5.41) is 0. The highest BCUT2D eigenvalue weighted by atomic mass is 16.5. The average Bonchev–Trinajstić information content (AvgIpc) is 2.36. The van der Waals surface area contributed by atoms with Gasteiger partial charge in [0.05, 0.1) is 7.11 Å². The largest absolute Gasteiger partial charge is 0.466 e. The van der Waals surface area contributed by atoms with E-state index in [9.17, 15) is 4.79 Å². The molecule has 0 saturated carbocycles. The molecule has 2 nitrogen and oxygen atoms in total. The lowest BCUT2D eigenvalue weighted by Gasteiger charge is -2.11. The van der Waals surface area contributed by atoms with Crippen LogP contribution in [0.4, 0.5) is 0 Å². The summed E-state index contributed by atoms with van der Waals surface area (Å²) in [6.45, 7) is 4.43. The van der Waals surface area contributed by atoms with Crippen LogP contribution in [-0.4, -0.2) is 13.1 Å². The molecule has 0 aliphatic rings. The van der Waals surface area contributed by atoms with Gasteiger partial charge in [-0.05, 0) is 18.8 Å². The molecular formula is C15H28O2. The highest BCUT2D eigenvalue weighted by Crippen LogP contribution is 2.18. The van der Waals surface area contributed by atoms with Crippen LogP contribution < -0.4 is 0 Å². The monoisotopic (exact) mass is 240 g/mol. The molecule has 0 N–H and O–H groups in total. The molecule has 0 aromatic heterocycles. The van der Waals surface area contributed by atoms with Gasteiger partial charge in [0.15, 0.2) is 0 Å². The third-order valence-corrected chi connectivity index (χ3v) is 3.06. The second kappa shape index (κ2) is 11.7. The maximum atomic E-state index is 11.1. The maximum Gasteiger partial charge on any atom is 0.330 e. The fraction of sp³-hybridized carbons (Fsp3) is 0.800. The first-order valence-electron chi connectivity index (χ1n) is 7.00. The van der Waals surface area contributed by atoms with E-state index in [-0.39, 0.29) is 5.97 Å². The molecular weight excluding hydrogens is 212 g/mol. The van der Waals surface area contributed by atoms with Crippen LogP contribution in [-0.2, 0) is 9.53 Å². The van der Waals surface area contributed by atoms with Crippen molar-refractivity contribution in [1.82, 2.24) is 0 Å². The lowest BCUT2D eigenvalue weighted by molar-refractivity contribution is -0.134. The Labute approximate surface area is 106 Å². The van der Waals surface area contributed by atoms with Gasteiger partial charge in [0.2, 0.25) is 0 Å². The van der Waals surface area contributed by atoms with E-state index in [1.165, 1.54) is 58.5 Å². The summed E-state index contributed by atoms with van der Waals surface area (Å²) in [6.07, 6.45) is 13.6. The highest BCUT2D eigenvalue weighted by molar-refractivity contribution is 5.81. The lowest BCUT2D eigenvalue weighted by atomic mass is 9.95. The van der Waals surface area contributed by atoms with E-state index in [1.54, 1.807) is 6.08 Å². The third kappa shape index (κ3) is 10.1. The lowest BCUT2D eigenvalue weighted by Crippen LogP contribution is -2.00. The first-order valence-corrected chi connectivity index (χ1v) is 7.00. The number of methoxy groups -OCH3 is 1. The summed E-state index contributed by atoms with van der Waals surface area (Å²) < 4.78 is 4.62. The van der Waals surface area contributed by atoms with Crippen LogP contribution in [0.5, 0.6) is 0 Å². The molecule has 0 rings (SSSR count). The Bertz CT molecular complexity index is 209. The fourth-order valence-corrected chi connectivity index (χ4v) is 1.92. The Balaban J connectivity index is 3.95. The number of hydrogen-bond acceptors (Lipinski definition) is 2. The number of rotatable bonds is 10. The number of ether oxygens (including phenoxy) is 1. The van der Waals surface area contributed by atoms with Gasteiger partial charge in [-0.2, -0.15) is 0 Å². The van der Waals surface area contributed by atoms with E-state index in [2.05, 4.69) is 18.6 Å². The van der Waals surface area contributed by atoms with Gasteiger partial charge in [-0.3, -0.25) is 0 Å². The van der Waals surface area contributed by atoms with E-state index in [0.29, 0.717) is 5.92 Å². The van der Waals surface area contributed by atoms with E-state index < -0.39 is 0 Å². The van der Waals surface area contributed by atoms with E-state index in [4.69, 9.17) is 0 Å². The minimum atomic E-state index is -0.236. The second-order valence-corrected chi connectivity index (χ2v) is 4.63. The molecule has 2 heteroatoms. The number of unbranched alkanes of at least 4 members (excludes halogenated alkanes) is 4. The first-order chi connectivity index (χ1) is 8.24. The molecule has 0 aromatic carbocycles. The van der Waals surface area contributed by atoms with Crippen molar-refractivity contribution in [1.29, 1.82) is 0 Å². The zero-order chi connectivity index (χ0) is 12.9. The summed E-state index contributed by atoms with van der Waals surface area (Å²) in [5.41, 5.74) is 0. The predicted octanol–water partition coefficient (Wildman–Crippen LogP) is 4.49. The fourth-order valence-electron chi connectivity index (χ4n) is 1.92. The quantitative estimate of drug-likeness (QED) is 0.319. The van der Waals surface area contributed by atoms with Crippen molar-refractivity contribution in [2.24, 2.45) is 5.92 Å². The molecule has 0 bridgehead atoms. The predicted molar refractivity (Wildman–Crippen MR) is 72.9 cm³/mol. The number of allylic oxidation sites excluding steroid dienone is 1. The molecule has 0 saturated heterocycles. The highest BCUT2D eigenvalue weighted by Gasteiger charge is 2.05. The van der Waals surface area contributed by atoms with Crippen molar-refractivity contribution < 1.29 is 9.53 Å². The van der Waals surface area contributed by atoms with Crippen LogP contribution in [0, 0.1) is 5.92 Å². The summed E-state index contributed by atoms with van der Waals surface area (Å²) >= 11 is 0. The smallest absolute Gasteiger partial charge is 0.330 e. The number of hydrogen-bond donors (Lipinski definition) is 0. The van der Waals surface area contributed by atoms with Gasteiger partial charge in [0.1, 0.15) is 0 Å². The summed E-state index contributed by atoms with van der Waals surface area (Å²) in [4.78, 5) is 11.1. The molecule has 0 spiro atoms. The topological polar surface area (TPSA) is 26.3 Å². The molecule has 0 aliphatic carbocycles. The van der Waals surface area contributed by atoms with Crippen molar-refractivity contribution in [3.8, 4) is 0 Å². The van der Waals surface area contributed by atoms with E-state index >= 15 is 0 Å². The van der Waals surface area contributed by atoms with Crippen LogP contribution in [0.25, 0.3) is 0 Å². The number of esters is 1. The summed E-state index contributed by atoms with van der Waals surface area (Å²) in [7, 11) is 1.43. The molecule has 0 amide bonds. The standard InChI is InChI=1S/C15H28O2/c1-4-6-8-9-11-14(10-7-5-2)12-13-15(16)17-3/h12-14H,4-11H2,1-3H3/b13-12+. The Kier molecular flexibility index (Phi) is 11.1. The Morgan fingerprint density at radius 2 is 1.71 bits per heavy atom. The van der Waals surface area contributed by atoms with Crippen LogP contribution in [0.15, 0.2) is 12.2 Å². The van der Waals surface area contributed by atoms with Gasteiger partial charge >= 0.3 is 5.97 Å². The van der Waals surface area contributed by atoms with Crippen LogP contribution in [0.3, 0.4) is 0 Å². The minimum absolute atomic E-state index is 0.236. The molecule has 1 atom stereocenters. The summed E-state index contributed by atoms with van der Waals surface area (Å²) in [5.74, 6) is 0.311. The SMILES string of the molecule is CCCCCCC(/C=C/C(=O)OC)CCCC. The van der Waals surface area contributed by atoms with Gasteiger partial charge < -0.3 is 4.74 Å². The van der Waals surface area contributed by atoms with E-state index in [0.717, 1.165) is 0 Å². The van der Waals surface area contributed by atoms with E-state index in [1.807, 2.05) is 6.08 Å². The molecule has 0 heterocycles. The molecule has 0 radical (unpaired) electrons. The molecule has 0 aliphatic heterocycles. The normalized spacial score (nSPS) is 12.9. The van der Waals surface area contributed by atoms with Crippen molar-refractivity contribution >= 4 is 5.97 Å². The van der Waals surface area contributed by atoms with Gasteiger partial charge in [-0.25, -0.2) is 4.79 Å². The molecule has 100 valence electrons. The van der Waals surface area contributed by atoms with Gasteiger partial charge in [-0.15, -0.1) is 0 Å². The first kappa shape index (κ1) is 16.2. The zero-order valence-corrected chi connectivity index (χ0v) is 11.7. The van der Waals surface area contributed by atoms with Crippen LogP contribution in [0.2, 0.25) is 0 Å². The molecule has 17 heavy (non-hydrogen) atoms. The average molecular weight is 240 g/mol. The van der Waals surface area contributed by atoms with Crippen molar-refractivity contribution in [3.05, 3.63) is 12.2 Å². The molecule has 1 unspecified atom stereocenters. The Hall–Kier alpha value is -0.790. The number of carbonyl (C=O) groups is 1. The Morgan fingerprint density at radius 1 is 1.06 bits per heavy atom. The van der Waals surface area contributed by atoms with Crippen LogP contribution in [0.1, 0.15) is 65.2 Å². The zero-order valence-electron chi connectivity index (χ0n) is 11.7. The molecule has 0 fully saturated rings. The van der Waals surface area contributed by atoms with Crippen molar-refractivity contribution in [2.45, 2.75) is 65.2 Å².